The molecule has 0 bridgehead atoms. The zero-order valence-corrected chi connectivity index (χ0v) is 21.5. The highest BCUT2D eigenvalue weighted by Crippen LogP contribution is 2.47. The smallest absolute Gasteiger partial charge is 0.453 e. The van der Waals surface area contributed by atoms with Crippen LogP contribution in [0, 0.1) is 6.92 Å². The van der Waals surface area contributed by atoms with Crippen molar-refractivity contribution in [1.82, 2.24) is 29.7 Å². The van der Waals surface area contributed by atoms with E-state index in [0.29, 0.717) is 10.6 Å². The number of nitrogens with two attached hydrogens (primary N) is 1. The Bertz CT molecular complexity index is 1680. The number of carbonyl (C=O) groups is 2. The summed E-state index contributed by atoms with van der Waals surface area (Å²) in [6.45, 7) is 2.36. The number of anilines is 2. The Morgan fingerprint density at radius 1 is 1.23 bits per heavy atom. The van der Waals surface area contributed by atoms with Crippen LogP contribution in [0.1, 0.15) is 34.5 Å². The standard InChI is InChI=1S/C23H19F5N8O3S/c1-9-11(8-12(37)38)40-20(31-9)21(2)13-15(29)32-17(33-16(13)34-19(21)39)14-10-4-3-6-30-18(10)36(35-14)7-5-22(24,25)23(26,27)28/h3-4,6H,5,7-8H2,1-2H3,(H,37,38)(H3,29,32,33,34,39)/t21-/m0/s1. The molecule has 5 rings (SSSR count). The largest absolute Gasteiger partial charge is 0.481 e. The molecule has 1 aliphatic heterocycles. The number of hydrogen-bond acceptors (Lipinski definition) is 9. The summed E-state index contributed by atoms with van der Waals surface area (Å²) in [5.41, 5.74) is 5.51. The molecular formula is C23H19F5N8O3S. The Kier molecular flexibility index (Phi) is 6.24. The van der Waals surface area contributed by atoms with Crippen LogP contribution in [0.2, 0.25) is 0 Å². The van der Waals surface area contributed by atoms with Crippen molar-refractivity contribution >= 4 is 45.9 Å². The summed E-state index contributed by atoms with van der Waals surface area (Å²) < 4.78 is 66.2. The van der Waals surface area contributed by atoms with E-state index in [-0.39, 0.29) is 51.2 Å². The number of nitrogens with zero attached hydrogens (tertiary/aromatic N) is 6. The van der Waals surface area contributed by atoms with E-state index in [1.807, 2.05) is 0 Å². The van der Waals surface area contributed by atoms with Crippen LogP contribution in [-0.4, -0.2) is 58.8 Å². The monoisotopic (exact) mass is 582 g/mol. The molecule has 5 heterocycles. The van der Waals surface area contributed by atoms with Gasteiger partial charge in [-0.25, -0.2) is 24.6 Å². The number of hydrogen-bond donors (Lipinski definition) is 3. The first kappa shape index (κ1) is 27.3. The molecule has 210 valence electrons. The Morgan fingerprint density at radius 3 is 2.62 bits per heavy atom. The Balaban J connectivity index is 1.57. The lowest BCUT2D eigenvalue weighted by Crippen LogP contribution is -2.37. The van der Waals surface area contributed by atoms with E-state index >= 15 is 0 Å². The number of aromatic nitrogens is 6. The molecule has 1 aliphatic rings. The third kappa shape index (κ3) is 4.29. The number of pyridine rings is 1. The third-order valence-corrected chi connectivity index (χ3v) is 7.91. The number of carboxylic acids is 1. The Labute approximate surface area is 225 Å². The van der Waals surface area contributed by atoms with Gasteiger partial charge in [-0.3, -0.25) is 9.59 Å². The SMILES string of the molecule is Cc1nc([C@]2(C)C(=O)Nc3nc(-c4nn(CCC(F)(F)C(F)(F)F)c5ncccc45)nc(N)c32)sc1CC(=O)O. The number of halogens is 5. The maximum Gasteiger partial charge on any atom is 0.453 e. The van der Waals surface area contributed by atoms with Crippen molar-refractivity contribution in [1.29, 1.82) is 0 Å². The van der Waals surface area contributed by atoms with E-state index in [1.54, 1.807) is 13.8 Å². The van der Waals surface area contributed by atoms with Gasteiger partial charge in [-0.2, -0.15) is 27.1 Å². The zero-order valence-electron chi connectivity index (χ0n) is 20.7. The van der Waals surface area contributed by atoms with E-state index in [0.717, 1.165) is 16.0 Å². The van der Waals surface area contributed by atoms with Crippen LogP contribution < -0.4 is 11.1 Å². The Hall–Kier alpha value is -4.28. The second kappa shape index (κ2) is 9.14. The molecule has 0 unspecified atom stereocenters. The average molecular weight is 583 g/mol. The van der Waals surface area contributed by atoms with Gasteiger partial charge >= 0.3 is 18.1 Å². The number of carbonyl (C=O) groups excluding carboxylic acids is 1. The molecular weight excluding hydrogens is 563 g/mol. The molecule has 17 heteroatoms. The molecule has 0 spiro atoms. The van der Waals surface area contributed by atoms with Crippen molar-refractivity contribution in [3.05, 3.63) is 39.5 Å². The minimum absolute atomic E-state index is 0.00427. The number of alkyl halides is 5. The number of aryl methyl sites for hydroxylation is 2. The fourth-order valence-electron chi connectivity index (χ4n) is 4.38. The van der Waals surface area contributed by atoms with E-state index in [2.05, 4.69) is 30.4 Å². The molecule has 11 nitrogen and oxygen atoms in total. The fraction of sp³-hybridized carbons (Fsp3) is 0.348. The van der Waals surface area contributed by atoms with Crippen molar-refractivity contribution in [3.63, 3.8) is 0 Å². The zero-order chi connectivity index (χ0) is 29.2. The van der Waals surface area contributed by atoms with E-state index in [4.69, 9.17) is 10.8 Å². The van der Waals surface area contributed by atoms with Gasteiger partial charge < -0.3 is 16.2 Å². The molecule has 1 atom stereocenters. The number of nitrogen functional groups attached to an aromatic ring is 1. The maximum absolute atomic E-state index is 13.6. The van der Waals surface area contributed by atoms with Crippen LogP contribution in [0.4, 0.5) is 33.6 Å². The third-order valence-electron chi connectivity index (χ3n) is 6.53. The quantitative estimate of drug-likeness (QED) is 0.276. The van der Waals surface area contributed by atoms with Crippen molar-refractivity contribution in [2.45, 2.75) is 50.7 Å². The van der Waals surface area contributed by atoms with Crippen LogP contribution in [0.5, 0.6) is 0 Å². The summed E-state index contributed by atoms with van der Waals surface area (Å²) in [6.07, 6.45) is -6.25. The number of amides is 1. The van der Waals surface area contributed by atoms with Gasteiger partial charge in [0.05, 0.1) is 23.1 Å². The first-order valence-corrected chi connectivity index (χ1v) is 12.4. The highest BCUT2D eigenvalue weighted by molar-refractivity contribution is 7.12. The predicted molar refractivity (Wildman–Crippen MR) is 132 cm³/mol. The van der Waals surface area contributed by atoms with E-state index in [1.165, 1.54) is 18.3 Å². The first-order chi connectivity index (χ1) is 18.6. The van der Waals surface area contributed by atoms with Crippen molar-refractivity contribution in [2.24, 2.45) is 0 Å². The second-order valence-corrected chi connectivity index (χ2v) is 10.3. The van der Waals surface area contributed by atoms with E-state index < -0.39 is 42.4 Å². The lowest BCUT2D eigenvalue weighted by atomic mass is 9.85. The van der Waals surface area contributed by atoms with Gasteiger partial charge in [-0.05, 0) is 26.0 Å². The fourth-order valence-corrected chi connectivity index (χ4v) is 5.58. The molecule has 4 aromatic rings. The first-order valence-electron chi connectivity index (χ1n) is 11.6. The minimum atomic E-state index is -5.72. The minimum Gasteiger partial charge on any atom is -0.481 e. The van der Waals surface area contributed by atoms with Crippen LogP contribution in [0.25, 0.3) is 22.6 Å². The molecule has 0 aromatic carbocycles. The van der Waals surface area contributed by atoms with Gasteiger partial charge in [-0.15, -0.1) is 11.3 Å². The summed E-state index contributed by atoms with van der Waals surface area (Å²) in [4.78, 5) is 42.0. The van der Waals surface area contributed by atoms with Crippen molar-refractivity contribution < 1.29 is 36.6 Å². The highest BCUT2D eigenvalue weighted by Gasteiger charge is 2.57. The molecule has 1 amide bonds. The molecule has 0 radical (unpaired) electrons. The molecule has 0 aliphatic carbocycles. The molecule has 4 N–H and O–H groups in total. The van der Waals surface area contributed by atoms with Gasteiger partial charge in [0.25, 0.3) is 0 Å². The summed E-state index contributed by atoms with van der Waals surface area (Å²) >= 11 is 1.05. The van der Waals surface area contributed by atoms with E-state index in [9.17, 15) is 31.5 Å². The lowest BCUT2D eigenvalue weighted by Gasteiger charge is -2.20. The van der Waals surface area contributed by atoms with Crippen LogP contribution in [0.3, 0.4) is 0 Å². The van der Waals surface area contributed by atoms with Gasteiger partial charge in [0.1, 0.15) is 27.8 Å². The van der Waals surface area contributed by atoms with Gasteiger partial charge in [0, 0.05) is 24.0 Å². The van der Waals surface area contributed by atoms with Gasteiger partial charge in [-0.1, -0.05) is 0 Å². The number of aliphatic carboxylic acids is 1. The molecule has 0 fully saturated rings. The van der Waals surface area contributed by atoms with Gasteiger partial charge in [0.2, 0.25) is 5.91 Å². The number of nitrogens with one attached hydrogen (secondary N) is 1. The van der Waals surface area contributed by atoms with Crippen LogP contribution >= 0.6 is 11.3 Å². The average Bonchev–Trinajstić information content (AvgIpc) is 3.49. The van der Waals surface area contributed by atoms with Crippen molar-refractivity contribution in [2.75, 3.05) is 11.1 Å². The molecule has 0 saturated heterocycles. The number of thiazole rings is 1. The summed E-state index contributed by atoms with van der Waals surface area (Å²) in [5, 5.41) is 16.5. The highest BCUT2D eigenvalue weighted by atomic mass is 32.1. The number of rotatable bonds is 7. The Morgan fingerprint density at radius 2 is 1.95 bits per heavy atom. The molecule has 4 aromatic heterocycles. The predicted octanol–water partition coefficient (Wildman–Crippen LogP) is 3.71. The molecule has 40 heavy (non-hydrogen) atoms. The summed E-state index contributed by atoms with van der Waals surface area (Å²) in [7, 11) is 0. The normalized spacial score (nSPS) is 17.3. The lowest BCUT2D eigenvalue weighted by molar-refractivity contribution is -0.285. The summed E-state index contributed by atoms with van der Waals surface area (Å²) in [5.74, 6) is -6.77. The molecule has 0 saturated carbocycles. The van der Waals surface area contributed by atoms with Gasteiger partial charge in [0.15, 0.2) is 11.5 Å². The maximum atomic E-state index is 13.6. The summed E-state index contributed by atoms with van der Waals surface area (Å²) in [6, 6.07) is 3.03. The second-order valence-electron chi connectivity index (χ2n) is 9.23. The van der Waals surface area contributed by atoms with Crippen LogP contribution in [-0.2, 0) is 28.0 Å². The van der Waals surface area contributed by atoms with Crippen LogP contribution in [0.15, 0.2) is 18.3 Å². The topological polar surface area (TPSA) is 162 Å². The number of carboxylic acid groups (broad SMARTS) is 1. The van der Waals surface area contributed by atoms with Crippen molar-refractivity contribution in [3.8, 4) is 11.5 Å². The number of fused-ring (bicyclic) bond motifs is 2.